The zero-order valence-corrected chi connectivity index (χ0v) is 17.5. The summed E-state index contributed by atoms with van der Waals surface area (Å²) in [6, 6.07) is 0. The molecule has 150 valence electrons. The number of hydrogen-bond donors (Lipinski definition) is 0. The van der Waals surface area contributed by atoms with Gasteiger partial charge in [0.25, 0.3) is 0 Å². The molecule has 1 amide bonds. The van der Waals surface area contributed by atoms with Gasteiger partial charge < -0.3 is 0 Å². The summed E-state index contributed by atoms with van der Waals surface area (Å²) >= 11 is 0. The molecule has 0 spiro atoms. The molecule has 3 nitrogen and oxygen atoms in total. The van der Waals surface area contributed by atoms with Crippen molar-refractivity contribution in [3.63, 3.8) is 0 Å². The maximum atomic E-state index is 11.5. The van der Waals surface area contributed by atoms with E-state index in [2.05, 4.69) is 6.92 Å². The minimum absolute atomic E-state index is 0.0865. The van der Waals surface area contributed by atoms with Crippen LogP contribution < -0.4 is 0 Å². The van der Waals surface area contributed by atoms with E-state index in [0.29, 0.717) is 6.42 Å². The van der Waals surface area contributed by atoms with Crippen LogP contribution in [0.2, 0.25) is 0 Å². The fraction of sp³-hybridized carbons (Fsp3) is 0.955. The molecule has 0 heterocycles. The van der Waals surface area contributed by atoms with Crippen LogP contribution in [0.1, 0.15) is 122 Å². The minimum atomic E-state index is 0.0865. The molecule has 3 heteroatoms. The molecule has 0 aliphatic rings. The molecule has 0 fully saturated rings. The van der Waals surface area contributed by atoms with Crippen LogP contribution in [-0.2, 0) is 9.63 Å². The summed E-state index contributed by atoms with van der Waals surface area (Å²) in [6.45, 7) is 2.28. The molecule has 0 aliphatic heterocycles. The van der Waals surface area contributed by atoms with Gasteiger partial charge >= 0.3 is 0 Å². The van der Waals surface area contributed by atoms with Crippen LogP contribution in [0.3, 0.4) is 0 Å². The summed E-state index contributed by atoms with van der Waals surface area (Å²) < 4.78 is 0. The number of hydrogen-bond acceptors (Lipinski definition) is 2. The highest BCUT2D eigenvalue weighted by Crippen LogP contribution is 2.14. The number of amides is 1. The first-order valence-corrected chi connectivity index (χ1v) is 11.0. The zero-order valence-electron chi connectivity index (χ0n) is 17.5. The predicted molar refractivity (Wildman–Crippen MR) is 109 cm³/mol. The highest BCUT2D eigenvalue weighted by atomic mass is 16.7. The maximum absolute atomic E-state index is 11.5. The molecule has 0 N–H and O–H groups in total. The summed E-state index contributed by atoms with van der Waals surface area (Å²) in [5.41, 5.74) is 0. The third-order valence-electron chi connectivity index (χ3n) is 5.12. The summed E-state index contributed by atoms with van der Waals surface area (Å²) in [5, 5.41) is 1.33. The van der Waals surface area contributed by atoms with Crippen molar-refractivity contribution < 1.29 is 9.63 Å². The van der Waals surface area contributed by atoms with Crippen LogP contribution in [0, 0.1) is 0 Å². The maximum Gasteiger partial charge on any atom is 0.245 e. The van der Waals surface area contributed by atoms with Crippen molar-refractivity contribution in [3.8, 4) is 0 Å². The van der Waals surface area contributed by atoms with Gasteiger partial charge in [-0.3, -0.25) is 9.63 Å². The second-order valence-electron chi connectivity index (χ2n) is 7.48. The minimum Gasteiger partial charge on any atom is -0.275 e. The van der Waals surface area contributed by atoms with Gasteiger partial charge in [0.15, 0.2) is 0 Å². The Morgan fingerprint density at radius 2 is 0.960 bits per heavy atom. The lowest BCUT2D eigenvalue weighted by atomic mass is 10.0. The summed E-state index contributed by atoms with van der Waals surface area (Å²) in [6.07, 6.45) is 23.8. The van der Waals surface area contributed by atoms with Gasteiger partial charge in [-0.25, -0.2) is 5.06 Å². The van der Waals surface area contributed by atoms with Crippen LogP contribution in [-0.4, -0.2) is 25.1 Å². The number of carbonyl (C=O) groups excluding carboxylic acids is 1. The third-order valence-corrected chi connectivity index (χ3v) is 5.12. The lowest BCUT2D eigenvalue weighted by molar-refractivity contribution is -0.168. The molecule has 0 saturated carbocycles. The second-order valence-corrected chi connectivity index (χ2v) is 7.48. The fourth-order valence-electron chi connectivity index (χ4n) is 3.26. The van der Waals surface area contributed by atoms with Crippen molar-refractivity contribution in [1.29, 1.82) is 0 Å². The van der Waals surface area contributed by atoms with Gasteiger partial charge in [0.05, 0.1) is 7.11 Å². The highest BCUT2D eigenvalue weighted by Gasteiger charge is 2.06. The molecule has 0 aromatic carbocycles. The van der Waals surface area contributed by atoms with Crippen molar-refractivity contribution in [2.75, 3.05) is 14.2 Å². The summed E-state index contributed by atoms with van der Waals surface area (Å²) in [4.78, 5) is 16.4. The van der Waals surface area contributed by atoms with Crippen molar-refractivity contribution in [1.82, 2.24) is 5.06 Å². The molecule has 0 radical (unpaired) electrons. The Hall–Kier alpha value is -0.570. The molecule has 0 aliphatic carbocycles. The van der Waals surface area contributed by atoms with E-state index in [9.17, 15) is 4.79 Å². The second kappa shape index (κ2) is 19.8. The Balaban J connectivity index is 3.08. The van der Waals surface area contributed by atoms with Crippen molar-refractivity contribution >= 4 is 5.91 Å². The average Bonchev–Trinajstić information content (AvgIpc) is 2.63. The van der Waals surface area contributed by atoms with Gasteiger partial charge in [0.1, 0.15) is 0 Å². The van der Waals surface area contributed by atoms with Gasteiger partial charge in [-0.15, -0.1) is 0 Å². The standard InChI is InChI=1S/C22H45NO2/c1-4-5-6-7-8-9-10-11-12-13-14-15-16-17-18-19-20-21-22(24)23(2)25-3/h4-21H2,1-3H3. The summed E-state index contributed by atoms with van der Waals surface area (Å²) in [5.74, 6) is 0.0865. The number of hydroxylamine groups is 2. The van der Waals surface area contributed by atoms with Crippen LogP contribution >= 0.6 is 0 Å². The van der Waals surface area contributed by atoms with E-state index < -0.39 is 0 Å². The lowest BCUT2D eigenvalue weighted by Crippen LogP contribution is -2.24. The predicted octanol–water partition coefficient (Wildman–Crippen LogP) is 7.05. The van der Waals surface area contributed by atoms with E-state index in [1.807, 2.05) is 0 Å². The number of carbonyl (C=O) groups is 1. The molecule has 0 aromatic heterocycles. The van der Waals surface area contributed by atoms with E-state index in [1.54, 1.807) is 7.05 Å². The van der Waals surface area contributed by atoms with Gasteiger partial charge in [0, 0.05) is 13.5 Å². The topological polar surface area (TPSA) is 29.5 Å². The van der Waals surface area contributed by atoms with E-state index in [1.165, 1.54) is 115 Å². The van der Waals surface area contributed by atoms with Gasteiger partial charge in [-0.05, 0) is 6.42 Å². The molecule has 0 saturated heterocycles. The Bertz CT molecular complexity index is 281. The number of rotatable bonds is 19. The Morgan fingerprint density at radius 3 is 1.28 bits per heavy atom. The molecule has 0 atom stereocenters. The van der Waals surface area contributed by atoms with Gasteiger partial charge in [-0.2, -0.15) is 0 Å². The molecular weight excluding hydrogens is 310 g/mol. The zero-order chi connectivity index (χ0) is 18.6. The Labute approximate surface area is 157 Å². The number of nitrogens with zero attached hydrogens (tertiary/aromatic N) is 1. The first-order chi connectivity index (χ1) is 12.2. The van der Waals surface area contributed by atoms with E-state index in [4.69, 9.17) is 4.84 Å². The quantitative estimate of drug-likeness (QED) is 0.183. The molecule has 25 heavy (non-hydrogen) atoms. The van der Waals surface area contributed by atoms with Crippen LogP contribution in [0.5, 0.6) is 0 Å². The average molecular weight is 356 g/mol. The van der Waals surface area contributed by atoms with E-state index in [0.717, 1.165) is 6.42 Å². The van der Waals surface area contributed by atoms with Crippen molar-refractivity contribution in [2.45, 2.75) is 122 Å². The lowest BCUT2D eigenvalue weighted by Gasteiger charge is -2.12. The highest BCUT2D eigenvalue weighted by molar-refractivity contribution is 5.74. The SMILES string of the molecule is CCCCCCCCCCCCCCCCCCCC(=O)N(C)OC. The first-order valence-electron chi connectivity index (χ1n) is 11.0. The molecular formula is C22H45NO2. The van der Waals surface area contributed by atoms with Crippen molar-refractivity contribution in [2.24, 2.45) is 0 Å². The summed E-state index contributed by atoms with van der Waals surface area (Å²) in [7, 11) is 3.21. The van der Waals surface area contributed by atoms with Gasteiger partial charge in [0.2, 0.25) is 5.91 Å². The molecule has 0 unspecified atom stereocenters. The third kappa shape index (κ3) is 18.0. The number of unbranched alkanes of at least 4 members (excludes halogenated alkanes) is 16. The monoisotopic (exact) mass is 355 g/mol. The van der Waals surface area contributed by atoms with Crippen LogP contribution in [0.15, 0.2) is 0 Å². The van der Waals surface area contributed by atoms with E-state index >= 15 is 0 Å². The normalized spacial score (nSPS) is 11.0. The van der Waals surface area contributed by atoms with E-state index in [-0.39, 0.29) is 5.91 Å². The Kier molecular flexibility index (Phi) is 19.3. The molecule has 0 rings (SSSR count). The molecule has 0 aromatic rings. The van der Waals surface area contributed by atoms with Crippen LogP contribution in [0.4, 0.5) is 0 Å². The van der Waals surface area contributed by atoms with Crippen LogP contribution in [0.25, 0.3) is 0 Å². The fourth-order valence-corrected chi connectivity index (χ4v) is 3.26. The Morgan fingerprint density at radius 1 is 0.640 bits per heavy atom. The molecule has 0 bridgehead atoms. The van der Waals surface area contributed by atoms with Gasteiger partial charge in [-0.1, -0.05) is 110 Å². The van der Waals surface area contributed by atoms with Crippen molar-refractivity contribution in [3.05, 3.63) is 0 Å². The largest absolute Gasteiger partial charge is 0.275 e. The smallest absolute Gasteiger partial charge is 0.245 e. The first kappa shape index (κ1) is 24.4.